The minimum absolute atomic E-state index is 0.286. The van der Waals surface area contributed by atoms with Crippen LogP contribution in [-0.2, 0) is 0 Å². The molecule has 0 spiro atoms. The second kappa shape index (κ2) is 9.16. The number of benzene rings is 2. The zero-order valence-electron chi connectivity index (χ0n) is 14.9. The number of rotatable bonds is 8. The minimum Gasteiger partial charge on any atom is -0.493 e. The molecule has 2 aromatic carbocycles. The van der Waals surface area contributed by atoms with E-state index in [1.807, 2.05) is 36.4 Å². The highest BCUT2D eigenvalue weighted by atomic mass is 16.6. The summed E-state index contributed by atoms with van der Waals surface area (Å²) in [5.41, 5.74) is 0. The molecule has 1 amide bonds. The molecule has 0 aliphatic rings. The van der Waals surface area contributed by atoms with Crippen LogP contribution in [0.5, 0.6) is 11.5 Å². The average molecular weight is 329 g/mol. The van der Waals surface area contributed by atoms with E-state index < -0.39 is 0 Å². The van der Waals surface area contributed by atoms with Gasteiger partial charge in [-0.3, -0.25) is 0 Å². The van der Waals surface area contributed by atoms with E-state index in [-0.39, 0.29) is 6.09 Å². The molecule has 0 saturated heterocycles. The van der Waals surface area contributed by atoms with Crippen LogP contribution >= 0.6 is 0 Å². The van der Waals surface area contributed by atoms with E-state index in [0.717, 1.165) is 35.8 Å². The lowest BCUT2D eigenvalue weighted by atomic mass is 10.1. The number of hydrogen-bond acceptors (Lipinski definition) is 3. The van der Waals surface area contributed by atoms with Gasteiger partial charge in [-0.15, -0.1) is 0 Å². The number of fused-ring (bicyclic) bond motifs is 1. The Balaban J connectivity index is 2.27. The van der Waals surface area contributed by atoms with Gasteiger partial charge in [0.05, 0.1) is 6.61 Å². The molecule has 0 aliphatic heterocycles. The predicted molar refractivity (Wildman–Crippen MR) is 97.9 cm³/mol. The summed E-state index contributed by atoms with van der Waals surface area (Å²) < 4.78 is 11.5. The van der Waals surface area contributed by atoms with Gasteiger partial charge in [0.25, 0.3) is 0 Å². The van der Waals surface area contributed by atoms with Crippen molar-refractivity contribution in [1.82, 2.24) is 4.90 Å². The van der Waals surface area contributed by atoms with Gasteiger partial charge in [-0.1, -0.05) is 45.0 Å². The summed E-state index contributed by atoms with van der Waals surface area (Å²) in [7, 11) is 0. The highest BCUT2D eigenvalue weighted by molar-refractivity contribution is 5.94. The van der Waals surface area contributed by atoms with Crippen LogP contribution in [-0.4, -0.2) is 30.7 Å². The SMILES string of the molecule is CCCOc1ccc(OC(=O)N(CCC)CCC)c2ccccc12. The maximum absolute atomic E-state index is 12.5. The lowest BCUT2D eigenvalue weighted by molar-refractivity contribution is 0.152. The molecule has 4 heteroatoms. The van der Waals surface area contributed by atoms with Crippen molar-refractivity contribution in [3.8, 4) is 11.5 Å². The topological polar surface area (TPSA) is 38.8 Å². The monoisotopic (exact) mass is 329 g/mol. The van der Waals surface area contributed by atoms with Crippen LogP contribution in [0.1, 0.15) is 40.0 Å². The largest absolute Gasteiger partial charge is 0.493 e. The number of amides is 1. The van der Waals surface area contributed by atoms with Gasteiger partial charge in [0.1, 0.15) is 11.5 Å². The van der Waals surface area contributed by atoms with Gasteiger partial charge < -0.3 is 14.4 Å². The zero-order valence-corrected chi connectivity index (χ0v) is 14.9. The summed E-state index contributed by atoms with van der Waals surface area (Å²) in [5, 5.41) is 1.86. The fourth-order valence-electron chi connectivity index (χ4n) is 2.66. The quantitative estimate of drug-likeness (QED) is 0.664. The number of carbonyl (C=O) groups is 1. The molecule has 2 aromatic rings. The van der Waals surface area contributed by atoms with E-state index in [9.17, 15) is 4.79 Å². The van der Waals surface area contributed by atoms with Crippen molar-refractivity contribution in [2.45, 2.75) is 40.0 Å². The first-order valence-corrected chi connectivity index (χ1v) is 8.82. The van der Waals surface area contributed by atoms with Crippen molar-refractivity contribution in [2.75, 3.05) is 19.7 Å². The summed E-state index contributed by atoms with van der Waals surface area (Å²) in [4.78, 5) is 14.2. The Bertz CT molecular complexity index is 663. The maximum Gasteiger partial charge on any atom is 0.415 e. The van der Waals surface area contributed by atoms with Crippen LogP contribution in [0, 0.1) is 0 Å². The lowest BCUT2D eigenvalue weighted by Crippen LogP contribution is -2.34. The first kappa shape index (κ1) is 18.1. The van der Waals surface area contributed by atoms with Gasteiger partial charge in [0.2, 0.25) is 0 Å². The van der Waals surface area contributed by atoms with Gasteiger partial charge in [0.15, 0.2) is 0 Å². The van der Waals surface area contributed by atoms with Gasteiger partial charge in [-0.25, -0.2) is 4.79 Å². The molecule has 0 fully saturated rings. The smallest absolute Gasteiger partial charge is 0.415 e. The van der Waals surface area contributed by atoms with Crippen molar-refractivity contribution in [1.29, 1.82) is 0 Å². The van der Waals surface area contributed by atoms with Crippen molar-refractivity contribution < 1.29 is 14.3 Å². The van der Waals surface area contributed by atoms with E-state index in [0.29, 0.717) is 25.4 Å². The normalized spacial score (nSPS) is 10.6. The number of hydrogen-bond donors (Lipinski definition) is 0. The summed E-state index contributed by atoms with van der Waals surface area (Å²) in [6.45, 7) is 8.29. The molecule has 0 aromatic heterocycles. The van der Waals surface area contributed by atoms with Gasteiger partial charge in [-0.2, -0.15) is 0 Å². The molecule has 0 aliphatic carbocycles. The zero-order chi connectivity index (χ0) is 17.4. The van der Waals surface area contributed by atoms with Crippen molar-refractivity contribution in [2.24, 2.45) is 0 Å². The molecule has 4 nitrogen and oxygen atoms in total. The number of ether oxygens (including phenoxy) is 2. The fourth-order valence-corrected chi connectivity index (χ4v) is 2.66. The van der Waals surface area contributed by atoms with Crippen molar-refractivity contribution >= 4 is 16.9 Å². The summed E-state index contributed by atoms with van der Waals surface area (Å²) in [6.07, 6.45) is 2.50. The van der Waals surface area contributed by atoms with Crippen LogP contribution in [0.3, 0.4) is 0 Å². The predicted octanol–water partition coefficient (Wildman–Crippen LogP) is 5.25. The summed E-state index contributed by atoms with van der Waals surface area (Å²) in [6, 6.07) is 11.6. The molecule has 2 rings (SSSR count). The Morgan fingerprint density at radius 2 is 1.46 bits per heavy atom. The van der Waals surface area contributed by atoms with E-state index in [4.69, 9.17) is 9.47 Å². The van der Waals surface area contributed by atoms with Crippen molar-refractivity contribution in [3.63, 3.8) is 0 Å². The molecule has 0 heterocycles. The maximum atomic E-state index is 12.5. The van der Waals surface area contributed by atoms with E-state index in [2.05, 4.69) is 20.8 Å². The van der Waals surface area contributed by atoms with Crippen LogP contribution in [0.15, 0.2) is 36.4 Å². The third kappa shape index (κ3) is 4.40. The molecule has 0 saturated carbocycles. The second-order valence-electron chi connectivity index (χ2n) is 5.81. The Labute approximate surface area is 144 Å². The Morgan fingerprint density at radius 3 is 2.04 bits per heavy atom. The van der Waals surface area contributed by atoms with Gasteiger partial charge in [0, 0.05) is 23.9 Å². The van der Waals surface area contributed by atoms with Crippen LogP contribution in [0.2, 0.25) is 0 Å². The van der Waals surface area contributed by atoms with E-state index in [1.165, 1.54) is 0 Å². The Hall–Kier alpha value is -2.23. The third-order valence-electron chi connectivity index (χ3n) is 3.75. The minimum atomic E-state index is -0.286. The van der Waals surface area contributed by atoms with E-state index in [1.54, 1.807) is 4.90 Å². The lowest BCUT2D eigenvalue weighted by Gasteiger charge is -2.21. The summed E-state index contributed by atoms with van der Waals surface area (Å²) >= 11 is 0. The standard InChI is InChI=1S/C20H27NO3/c1-4-13-21(14-5-2)20(22)24-19-12-11-18(23-15-6-3)16-9-7-8-10-17(16)19/h7-12H,4-6,13-15H2,1-3H3. The second-order valence-corrected chi connectivity index (χ2v) is 5.81. The molecular formula is C20H27NO3. The Morgan fingerprint density at radius 1 is 0.875 bits per heavy atom. The number of carbonyl (C=O) groups excluding carboxylic acids is 1. The van der Waals surface area contributed by atoms with Crippen molar-refractivity contribution in [3.05, 3.63) is 36.4 Å². The molecule has 0 bridgehead atoms. The highest BCUT2D eigenvalue weighted by Crippen LogP contribution is 2.33. The number of nitrogens with zero attached hydrogens (tertiary/aromatic N) is 1. The van der Waals surface area contributed by atoms with Gasteiger partial charge >= 0.3 is 6.09 Å². The molecule has 0 N–H and O–H groups in total. The van der Waals surface area contributed by atoms with E-state index >= 15 is 0 Å². The average Bonchev–Trinajstić information content (AvgIpc) is 2.61. The highest BCUT2D eigenvalue weighted by Gasteiger charge is 2.16. The molecule has 0 atom stereocenters. The molecule has 24 heavy (non-hydrogen) atoms. The third-order valence-corrected chi connectivity index (χ3v) is 3.75. The Kier molecular flexibility index (Phi) is 6.91. The fraction of sp³-hybridized carbons (Fsp3) is 0.450. The summed E-state index contributed by atoms with van der Waals surface area (Å²) in [5.74, 6) is 1.41. The molecule has 130 valence electrons. The first-order valence-electron chi connectivity index (χ1n) is 8.82. The van der Waals surface area contributed by atoms with Crippen LogP contribution < -0.4 is 9.47 Å². The van der Waals surface area contributed by atoms with Gasteiger partial charge in [-0.05, 0) is 31.4 Å². The first-order chi connectivity index (χ1) is 11.7. The molecular weight excluding hydrogens is 302 g/mol. The molecule has 0 radical (unpaired) electrons. The molecule has 0 unspecified atom stereocenters. The van der Waals surface area contributed by atoms with Crippen LogP contribution in [0.4, 0.5) is 4.79 Å². The van der Waals surface area contributed by atoms with Crippen LogP contribution in [0.25, 0.3) is 10.8 Å².